The van der Waals surface area contributed by atoms with Crippen molar-refractivity contribution in [3.8, 4) is 0 Å². The second-order valence-corrected chi connectivity index (χ2v) is 4.69. The zero-order valence-corrected chi connectivity index (χ0v) is 10.6. The fraction of sp³-hybridized carbons (Fsp3) is 0.583. The van der Waals surface area contributed by atoms with Gasteiger partial charge in [-0.15, -0.1) is 0 Å². The number of rotatable bonds is 4. The Balaban J connectivity index is 2.14. The molecule has 7 nitrogen and oxygen atoms in total. The van der Waals surface area contributed by atoms with E-state index in [1.807, 2.05) is 6.92 Å². The molecule has 0 saturated heterocycles. The molecule has 3 N–H and O–H groups in total. The smallest absolute Gasteiger partial charge is 0.306 e. The number of carboxylic acid groups (broad SMARTS) is 1. The number of aromatic nitrogens is 2. The summed E-state index contributed by atoms with van der Waals surface area (Å²) in [7, 11) is 0. The first-order chi connectivity index (χ1) is 9.02. The SMILES string of the molecule is CCn1ccnc(NC2CC(C(=O)O)CC2O)c1=O. The van der Waals surface area contributed by atoms with E-state index in [1.165, 1.54) is 10.8 Å². The van der Waals surface area contributed by atoms with Gasteiger partial charge in [-0.3, -0.25) is 9.59 Å². The Labute approximate surface area is 109 Å². The molecule has 0 aliphatic heterocycles. The summed E-state index contributed by atoms with van der Waals surface area (Å²) in [5.41, 5.74) is -0.268. The Hall–Kier alpha value is -1.89. The van der Waals surface area contributed by atoms with E-state index in [-0.39, 0.29) is 17.8 Å². The van der Waals surface area contributed by atoms with E-state index < -0.39 is 24.0 Å². The van der Waals surface area contributed by atoms with Crippen LogP contribution in [-0.2, 0) is 11.3 Å². The third-order valence-corrected chi connectivity index (χ3v) is 3.45. The van der Waals surface area contributed by atoms with Gasteiger partial charge < -0.3 is 20.1 Å². The van der Waals surface area contributed by atoms with Crippen molar-refractivity contribution in [1.82, 2.24) is 9.55 Å². The van der Waals surface area contributed by atoms with Crippen molar-refractivity contribution in [3.63, 3.8) is 0 Å². The van der Waals surface area contributed by atoms with E-state index in [1.54, 1.807) is 6.20 Å². The van der Waals surface area contributed by atoms with Crippen molar-refractivity contribution in [2.45, 2.75) is 38.5 Å². The van der Waals surface area contributed by atoms with Gasteiger partial charge >= 0.3 is 5.97 Å². The van der Waals surface area contributed by atoms with Crippen molar-refractivity contribution in [3.05, 3.63) is 22.7 Å². The molecular weight excluding hydrogens is 250 g/mol. The van der Waals surface area contributed by atoms with Crippen LogP contribution >= 0.6 is 0 Å². The molecule has 0 amide bonds. The number of aliphatic carboxylic acids is 1. The quantitative estimate of drug-likeness (QED) is 0.703. The van der Waals surface area contributed by atoms with Crippen LogP contribution in [0, 0.1) is 5.92 Å². The number of hydrogen-bond acceptors (Lipinski definition) is 5. The zero-order valence-electron chi connectivity index (χ0n) is 10.6. The molecule has 19 heavy (non-hydrogen) atoms. The van der Waals surface area contributed by atoms with E-state index in [4.69, 9.17) is 5.11 Å². The summed E-state index contributed by atoms with van der Waals surface area (Å²) in [6.07, 6.45) is 2.79. The molecule has 7 heteroatoms. The van der Waals surface area contributed by atoms with Gasteiger partial charge in [0, 0.05) is 18.9 Å². The monoisotopic (exact) mass is 267 g/mol. The maximum absolute atomic E-state index is 11.9. The van der Waals surface area contributed by atoms with E-state index >= 15 is 0 Å². The first kappa shape index (κ1) is 13.5. The molecule has 1 aliphatic rings. The van der Waals surface area contributed by atoms with Gasteiger partial charge in [-0.25, -0.2) is 4.98 Å². The van der Waals surface area contributed by atoms with Crippen molar-refractivity contribution in [1.29, 1.82) is 0 Å². The standard InChI is InChI=1S/C12H17N3O4/c1-2-15-4-3-13-10(11(15)17)14-8-5-7(12(18)19)6-9(8)16/h3-4,7-9,16H,2,5-6H2,1H3,(H,13,14)(H,18,19). The number of nitrogens with one attached hydrogen (secondary N) is 1. The number of carbonyl (C=O) groups is 1. The van der Waals surface area contributed by atoms with Crippen molar-refractivity contribution in [2.24, 2.45) is 5.92 Å². The van der Waals surface area contributed by atoms with Gasteiger partial charge in [-0.1, -0.05) is 0 Å². The summed E-state index contributed by atoms with van der Waals surface area (Å²) < 4.78 is 1.49. The van der Waals surface area contributed by atoms with Gasteiger partial charge in [0.15, 0.2) is 5.82 Å². The molecule has 1 aromatic heterocycles. The number of hydrogen-bond donors (Lipinski definition) is 3. The Bertz CT molecular complexity index is 528. The number of anilines is 1. The molecule has 1 saturated carbocycles. The summed E-state index contributed by atoms with van der Waals surface area (Å²) in [4.78, 5) is 26.8. The first-order valence-corrected chi connectivity index (χ1v) is 6.25. The Morgan fingerprint density at radius 3 is 2.89 bits per heavy atom. The van der Waals surface area contributed by atoms with E-state index in [0.717, 1.165) is 0 Å². The highest BCUT2D eigenvalue weighted by atomic mass is 16.4. The van der Waals surface area contributed by atoms with Crippen LogP contribution < -0.4 is 10.9 Å². The maximum Gasteiger partial charge on any atom is 0.306 e. The number of aliphatic hydroxyl groups excluding tert-OH is 1. The number of nitrogens with zero attached hydrogens (tertiary/aromatic N) is 2. The molecule has 3 atom stereocenters. The molecule has 0 aromatic carbocycles. The normalized spacial score (nSPS) is 26.3. The van der Waals surface area contributed by atoms with E-state index in [2.05, 4.69) is 10.3 Å². The fourth-order valence-corrected chi connectivity index (χ4v) is 2.34. The van der Waals surface area contributed by atoms with Crippen LogP contribution in [0.15, 0.2) is 17.2 Å². The molecule has 1 fully saturated rings. The number of carboxylic acids is 1. The van der Waals surface area contributed by atoms with Crippen LogP contribution in [0.1, 0.15) is 19.8 Å². The van der Waals surface area contributed by atoms with Crippen LogP contribution in [0.5, 0.6) is 0 Å². The number of aryl methyl sites for hydroxylation is 1. The van der Waals surface area contributed by atoms with Crippen molar-refractivity contribution >= 4 is 11.8 Å². The third-order valence-electron chi connectivity index (χ3n) is 3.45. The zero-order chi connectivity index (χ0) is 14.0. The van der Waals surface area contributed by atoms with Crippen molar-refractivity contribution < 1.29 is 15.0 Å². The van der Waals surface area contributed by atoms with Gasteiger partial charge in [-0.2, -0.15) is 0 Å². The van der Waals surface area contributed by atoms with Gasteiger partial charge in [0.25, 0.3) is 5.56 Å². The molecule has 1 heterocycles. The van der Waals surface area contributed by atoms with Crippen LogP contribution in [-0.4, -0.2) is 37.9 Å². The summed E-state index contributed by atoms with van der Waals surface area (Å²) in [6, 6.07) is -0.450. The predicted octanol–water partition coefficient (Wildman–Crippen LogP) is -0.101. The van der Waals surface area contributed by atoms with Crippen LogP contribution in [0.4, 0.5) is 5.82 Å². The molecule has 0 spiro atoms. The summed E-state index contributed by atoms with van der Waals surface area (Å²) in [5, 5.41) is 21.6. The molecule has 1 aliphatic carbocycles. The molecule has 2 rings (SSSR count). The van der Waals surface area contributed by atoms with E-state index in [9.17, 15) is 14.7 Å². The second-order valence-electron chi connectivity index (χ2n) is 4.69. The van der Waals surface area contributed by atoms with E-state index in [0.29, 0.717) is 13.0 Å². The average molecular weight is 267 g/mol. The minimum atomic E-state index is -0.921. The molecular formula is C12H17N3O4. The van der Waals surface area contributed by atoms with Gasteiger partial charge in [0.1, 0.15) is 0 Å². The molecule has 3 unspecified atom stereocenters. The molecule has 104 valence electrons. The van der Waals surface area contributed by atoms with Gasteiger partial charge in [-0.05, 0) is 19.8 Å². The summed E-state index contributed by atoms with van der Waals surface area (Å²) >= 11 is 0. The van der Waals surface area contributed by atoms with Crippen molar-refractivity contribution in [2.75, 3.05) is 5.32 Å². The minimum absolute atomic E-state index is 0.152. The van der Waals surface area contributed by atoms with Crippen LogP contribution in [0.3, 0.4) is 0 Å². The Morgan fingerprint density at radius 1 is 1.58 bits per heavy atom. The summed E-state index contributed by atoms with van der Waals surface area (Å²) in [5.74, 6) is -1.35. The van der Waals surface area contributed by atoms with Gasteiger partial charge in [0.2, 0.25) is 0 Å². The highest BCUT2D eigenvalue weighted by molar-refractivity contribution is 5.70. The molecule has 0 radical (unpaired) electrons. The maximum atomic E-state index is 11.9. The largest absolute Gasteiger partial charge is 0.481 e. The summed E-state index contributed by atoms with van der Waals surface area (Å²) in [6.45, 7) is 2.37. The molecule has 0 bridgehead atoms. The lowest BCUT2D eigenvalue weighted by Crippen LogP contribution is -2.33. The topological polar surface area (TPSA) is 104 Å². The Kier molecular flexibility index (Phi) is 3.84. The van der Waals surface area contributed by atoms with Crippen LogP contribution in [0.25, 0.3) is 0 Å². The number of aliphatic hydroxyl groups is 1. The minimum Gasteiger partial charge on any atom is -0.481 e. The lowest BCUT2D eigenvalue weighted by Gasteiger charge is -2.16. The van der Waals surface area contributed by atoms with Crippen LogP contribution in [0.2, 0.25) is 0 Å². The average Bonchev–Trinajstić information content (AvgIpc) is 2.74. The second kappa shape index (κ2) is 5.40. The Morgan fingerprint density at radius 2 is 2.32 bits per heavy atom. The predicted molar refractivity (Wildman–Crippen MR) is 67.9 cm³/mol. The lowest BCUT2D eigenvalue weighted by molar-refractivity contribution is -0.141. The molecule has 1 aromatic rings. The first-order valence-electron chi connectivity index (χ1n) is 6.25. The van der Waals surface area contributed by atoms with Gasteiger partial charge in [0.05, 0.1) is 18.1 Å². The third kappa shape index (κ3) is 2.76. The highest BCUT2D eigenvalue weighted by Crippen LogP contribution is 2.27. The fourth-order valence-electron chi connectivity index (χ4n) is 2.34. The lowest BCUT2D eigenvalue weighted by atomic mass is 10.1. The highest BCUT2D eigenvalue weighted by Gasteiger charge is 2.37.